The molecule has 0 saturated heterocycles. The molecule has 2 N–H and O–H groups in total. The lowest BCUT2D eigenvalue weighted by Gasteiger charge is -2.13. The predicted octanol–water partition coefficient (Wildman–Crippen LogP) is 3.99. The largest absolute Gasteiger partial charge is 0.374 e. The van der Waals surface area contributed by atoms with E-state index < -0.39 is 0 Å². The van der Waals surface area contributed by atoms with E-state index >= 15 is 0 Å². The van der Waals surface area contributed by atoms with Gasteiger partial charge in [0.2, 0.25) is 5.91 Å². The summed E-state index contributed by atoms with van der Waals surface area (Å²) >= 11 is 3.10. The Morgan fingerprint density at radius 1 is 1.32 bits per heavy atom. The van der Waals surface area contributed by atoms with Crippen LogP contribution in [0.4, 0.5) is 0 Å². The van der Waals surface area contributed by atoms with Crippen LogP contribution in [-0.4, -0.2) is 34.8 Å². The zero-order valence-corrected chi connectivity index (χ0v) is 19.2. The molecular weight excluding hydrogens is 430 g/mol. The molecule has 1 aromatic carbocycles. The van der Waals surface area contributed by atoms with E-state index in [1.807, 2.05) is 25.1 Å². The molecule has 0 spiro atoms. The van der Waals surface area contributed by atoms with Crippen LogP contribution in [0.2, 0.25) is 0 Å². The molecule has 1 aliphatic carbocycles. The molecule has 0 aliphatic heterocycles. The summed E-state index contributed by atoms with van der Waals surface area (Å²) in [6.07, 6.45) is 3.97. The van der Waals surface area contributed by atoms with Crippen LogP contribution in [-0.2, 0) is 28.1 Å². The number of nitrogens with zero attached hydrogens (tertiary/aromatic N) is 1. The molecule has 4 rings (SSSR count). The van der Waals surface area contributed by atoms with Crippen LogP contribution in [0.15, 0.2) is 35.1 Å². The van der Waals surface area contributed by atoms with Crippen molar-refractivity contribution in [1.29, 1.82) is 0 Å². The number of nitrogens with one attached hydrogen (secondary N) is 2. The van der Waals surface area contributed by atoms with Gasteiger partial charge in [0, 0.05) is 18.0 Å². The predicted molar refractivity (Wildman–Crippen MR) is 127 cm³/mol. The summed E-state index contributed by atoms with van der Waals surface area (Å²) in [5.41, 5.74) is 2.29. The Balaban J connectivity index is 1.15. The smallest absolute Gasteiger partial charge is 0.259 e. The second-order valence-electron chi connectivity index (χ2n) is 7.67. The highest BCUT2D eigenvalue weighted by Gasteiger charge is 2.21. The summed E-state index contributed by atoms with van der Waals surface area (Å²) in [5.74, 6) is 1.47. The van der Waals surface area contributed by atoms with E-state index in [4.69, 9.17) is 4.74 Å². The van der Waals surface area contributed by atoms with Crippen molar-refractivity contribution < 1.29 is 9.53 Å². The number of aryl methyl sites for hydroxylation is 2. The van der Waals surface area contributed by atoms with Crippen molar-refractivity contribution in [3.63, 3.8) is 0 Å². The van der Waals surface area contributed by atoms with Crippen LogP contribution in [0.1, 0.15) is 47.7 Å². The molecule has 2 heterocycles. The Hall–Kier alpha value is -2.16. The van der Waals surface area contributed by atoms with Crippen molar-refractivity contribution in [3.05, 3.63) is 62.5 Å². The lowest BCUT2D eigenvalue weighted by molar-refractivity contribution is -0.118. The molecule has 1 aliphatic rings. The maximum absolute atomic E-state index is 12.5. The number of carbonyl (C=O) groups excluding carboxylic acids is 1. The van der Waals surface area contributed by atoms with Gasteiger partial charge in [-0.05, 0) is 43.7 Å². The number of H-pyrrole nitrogens is 1. The third-order valence-electron chi connectivity index (χ3n) is 5.38. The Labute approximate surface area is 189 Å². The monoisotopic (exact) mass is 457 g/mol. The minimum Gasteiger partial charge on any atom is -0.374 e. The fourth-order valence-electron chi connectivity index (χ4n) is 3.79. The van der Waals surface area contributed by atoms with Crippen molar-refractivity contribution in [2.45, 2.75) is 44.5 Å². The van der Waals surface area contributed by atoms with Gasteiger partial charge in [-0.1, -0.05) is 30.3 Å². The molecule has 2 aromatic heterocycles. The van der Waals surface area contributed by atoms with Crippen molar-refractivity contribution in [2.24, 2.45) is 0 Å². The second kappa shape index (κ2) is 10.4. The Bertz CT molecular complexity index is 1090. The van der Waals surface area contributed by atoms with Gasteiger partial charge in [-0.25, -0.2) is 4.98 Å². The number of ether oxygens (including phenoxy) is 1. The van der Waals surface area contributed by atoms with Crippen LogP contribution < -0.4 is 10.9 Å². The van der Waals surface area contributed by atoms with Crippen LogP contribution >= 0.6 is 23.1 Å². The highest BCUT2D eigenvalue weighted by atomic mass is 32.2. The molecule has 0 bridgehead atoms. The van der Waals surface area contributed by atoms with Gasteiger partial charge in [-0.15, -0.1) is 23.1 Å². The van der Waals surface area contributed by atoms with E-state index in [2.05, 4.69) is 27.4 Å². The first kappa shape index (κ1) is 22.0. The molecule has 164 valence electrons. The number of hydrogen-bond donors (Lipinski definition) is 2. The van der Waals surface area contributed by atoms with Crippen molar-refractivity contribution in [1.82, 2.24) is 15.3 Å². The fourth-order valence-corrected chi connectivity index (χ4v) is 5.79. The van der Waals surface area contributed by atoms with Crippen molar-refractivity contribution in [3.8, 4) is 0 Å². The normalized spacial score (nSPS) is 14.0. The summed E-state index contributed by atoms with van der Waals surface area (Å²) < 4.78 is 5.82. The van der Waals surface area contributed by atoms with Gasteiger partial charge in [-0.3, -0.25) is 9.59 Å². The number of fused-ring (bicyclic) bond motifs is 3. The van der Waals surface area contributed by atoms with E-state index in [-0.39, 0.29) is 17.6 Å². The molecule has 1 atom stereocenters. The maximum Gasteiger partial charge on any atom is 0.259 e. The van der Waals surface area contributed by atoms with Crippen LogP contribution in [0.5, 0.6) is 0 Å². The molecule has 8 heteroatoms. The van der Waals surface area contributed by atoms with Gasteiger partial charge >= 0.3 is 0 Å². The first-order valence-electron chi connectivity index (χ1n) is 10.7. The molecule has 3 aromatic rings. The van der Waals surface area contributed by atoms with Crippen molar-refractivity contribution >= 4 is 39.2 Å². The molecule has 6 nitrogen and oxygen atoms in total. The SMILES string of the molecule is CC(OCCCNC(=O)CSCc1nc2sc3c(c2c(=O)[nH]1)CCC3)c1ccccc1. The maximum atomic E-state index is 12.5. The molecule has 31 heavy (non-hydrogen) atoms. The number of aromatic amines is 1. The number of amides is 1. The number of benzene rings is 1. The average Bonchev–Trinajstić information content (AvgIpc) is 3.35. The topological polar surface area (TPSA) is 84.1 Å². The minimum absolute atomic E-state index is 0.0142. The third-order valence-corrected chi connectivity index (χ3v) is 7.51. The zero-order chi connectivity index (χ0) is 21.6. The van der Waals surface area contributed by atoms with Gasteiger partial charge in [0.15, 0.2) is 0 Å². The van der Waals surface area contributed by atoms with Gasteiger partial charge in [0.1, 0.15) is 10.7 Å². The molecule has 0 radical (unpaired) electrons. The average molecular weight is 458 g/mol. The van der Waals surface area contributed by atoms with E-state index in [1.165, 1.54) is 22.2 Å². The molecule has 1 amide bonds. The van der Waals surface area contributed by atoms with Crippen LogP contribution in [0.25, 0.3) is 10.2 Å². The molecule has 1 unspecified atom stereocenters. The third kappa shape index (κ3) is 5.56. The fraction of sp³-hybridized carbons (Fsp3) is 0.435. The number of rotatable bonds is 10. The van der Waals surface area contributed by atoms with E-state index in [1.54, 1.807) is 11.3 Å². The number of carbonyl (C=O) groups is 1. The van der Waals surface area contributed by atoms with E-state index in [9.17, 15) is 9.59 Å². The zero-order valence-electron chi connectivity index (χ0n) is 17.6. The number of thiophene rings is 1. The van der Waals surface area contributed by atoms with Gasteiger partial charge in [0.25, 0.3) is 5.56 Å². The first-order chi connectivity index (χ1) is 15.1. The first-order valence-corrected chi connectivity index (χ1v) is 12.6. The summed E-state index contributed by atoms with van der Waals surface area (Å²) in [4.78, 5) is 34.2. The molecule has 0 fully saturated rings. The van der Waals surface area contributed by atoms with Crippen molar-refractivity contribution in [2.75, 3.05) is 18.9 Å². The Morgan fingerprint density at radius 3 is 3.00 bits per heavy atom. The van der Waals surface area contributed by atoms with Crippen LogP contribution in [0.3, 0.4) is 0 Å². The summed E-state index contributed by atoms with van der Waals surface area (Å²) in [6.45, 7) is 3.21. The lowest BCUT2D eigenvalue weighted by atomic mass is 10.1. The summed E-state index contributed by atoms with van der Waals surface area (Å²) in [6, 6.07) is 10.1. The summed E-state index contributed by atoms with van der Waals surface area (Å²) in [7, 11) is 0. The number of hydrogen-bond acceptors (Lipinski definition) is 6. The standard InChI is InChI=1S/C23H27N3O3S2/c1-15(16-7-3-2-4-8-16)29-12-6-11-24-20(27)14-30-13-19-25-22(28)21-17-9-5-10-18(17)31-23(21)26-19/h2-4,7-8,15H,5-6,9-14H2,1H3,(H,24,27)(H,25,26,28). The second-order valence-corrected chi connectivity index (χ2v) is 9.74. The van der Waals surface area contributed by atoms with E-state index in [0.717, 1.165) is 41.5 Å². The highest BCUT2D eigenvalue weighted by molar-refractivity contribution is 7.99. The molecule has 0 saturated carbocycles. The minimum atomic E-state index is -0.0471. The summed E-state index contributed by atoms with van der Waals surface area (Å²) in [5, 5.41) is 3.69. The van der Waals surface area contributed by atoms with Gasteiger partial charge in [-0.2, -0.15) is 0 Å². The van der Waals surface area contributed by atoms with Crippen LogP contribution in [0, 0.1) is 0 Å². The molecular formula is C23H27N3O3S2. The van der Waals surface area contributed by atoms with Gasteiger partial charge < -0.3 is 15.0 Å². The quantitative estimate of drug-likeness (QED) is 0.450. The van der Waals surface area contributed by atoms with E-state index in [0.29, 0.717) is 30.5 Å². The number of thioether (sulfide) groups is 1. The highest BCUT2D eigenvalue weighted by Crippen LogP contribution is 2.34. The Morgan fingerprint density at radius 2 is 2.16 bits per heavy atom. The van der Waals surface area contributed by atoms with Gasteiger partial charge in [0.05, 0.1) is 23.0 Å². The lowest BCUT2D eigenvalue weighted by Crippen LogP contribution is -2.27. The number of aromatic nitrogens is 2. The Kier molecular flexibility index (Phi) is 7.42.